The molecule has 0 aliphatic heterocycles. The summed E-state index contributed by atoms with van der Waals surface area (Å²) in [5, 5.41) is 0. The SMILES string of the molecule is Cc1ccccc1.[Cl-].[Cl-].[Cl-].[Cl-].[Zr+4]. The van der Waals surface area contributed by atoms with Crippen molar-refractivity contribution in [1.29, 1.82) is 0 Å². The first-order valence-corrected chi connectivity index (χ1v) is 2.41. The van der Waals surface area contributed by atoms with Gasteiger partial charge in [0.05, 0.1) is 0 Å². The van der Waals surface area contributed by atoms with E-state index >= 15 is 0 Å². The Balaban J connectivity index is -0.0000000327. The van der Waals surface area contributed by atoms with E-state index in [2.05, 4.69) is 19.1 Å². The normalized spacial score (nSPS) is 5.08. The van der Waals surface area contributed by atoms with Crippen LogP contribution in [0.2, 0.25) is 0 Å². The molecule has 0 N–H and O–H groups in total. The fourth-order valence-electron chi connectivity index (χ4n) is 0.534. The molecule has 0 amide bonds. The number of halogens is 4. The molecule has 0 nitrogen and oxygen atoms in total. The van der Waals surface area contributed by atoms with E-state index in [9.17, 15) is 0 Å². The van der Waals surface area contributed by atoms with Crippen LogP contribution in [0.4, 0.5) is 0 Å². The molecule has 0 aliphatic rings. The van der Waals surface area contributed by atoms with Crippen molar-refractivity contribution < 1.29 is 75.8 Å². The summed E-state index contributed by atoms with van der Waals surface area (Å²) in [5.74, 6) is 0. The minimum absolute atomic E-state index is 0. The number of rotatable bonds is 0. The van der Waals surface area contributed by atoms with E-state index in [1.165, 1.54) is 5.56 Å². The summed E-state index contributed by atoms with van der Waals surface area (Å²) in [5.41, 5.74) is 1.32. The number of hydrogen-bond acceptors (Lipinski definition) is 0. The van der Waals surface area contributed by atoms with Crippen LogP contribution in [0.5, 0.6) is 0 Å². The van der Waals surface area contributed by atoms with Gasteiger partial charge in [-0.2, -0.15) is 0 Å². The predicted molar refractivity (Wildman–Crippen MR) is 31.2 cm³/mol. The zero-order chi connectivity index (χ0) is 5.11. The maximum Gasteiger partial charge on any atom is 4.00 e. The quantitative estimate of drug-likeness (QED) is 0.445. The molecule has 0 fully saturated rings. The van der Waals surface area contributed by atoms with E-state index in [0.717, 1.165) is 0 Å². The van der Waals surface area contributed by atoms with E-state index in [1.807, 2.05) is 18.2 Å². The van der Waals surface area contributed by atoms with Gasteiger partial charge in [-0.25, -0.2) is 0 Å². The van der Waals surface area contributed by atoms with E-state index in [0.29, 0.717) is 0 Å². The molecule has 0 aromatic heterocycles. The smallest absolute Gasteiger partial charge is 1.00 e. The molecule has 12 heavy (non-hydrogen) atoms. The molecule has 0 heterocycles. The van der Waals surface area contributed by atoms with Crippen LogP contribution in [0.25, 0.3) is 0 Å². The zero-order valence-electron chi connectivity index (χ0n) is 6.40. The molecule has 0 aliphatic carbocycles. The molecule has 0 unspecified atom stereocenters. The summed E-state index contributed by atoms with van der Waals surface area (Å²) in [6.07, 6.45) is 0. The van der Waals surface area contributed by atoms with E-state index in [-0.39, 0.29) is 75.8 Å². The summed E-state index contributed by atoms with van der Waals surface area (Å²) >= 11 is 0. The molecular formula is C7H8Cl4Zr. The van der Waals surface area contributed by atoms with Crippen molar-refractivity contribution in [3.8, 4) is 0 Å². The van der Waals surface area contributed by atoms with Gasteiger partial charge >= 0.3 is 26.2 Å². The molecule has 0 saturated heterocycles. The van der Waals surface area contributed by atoms with Crippen LogP contribution in [0.15, 0.2) is 30.3 Å². The Morgan fingerprint density at radius 1 is 0.750 bits per heavy atom. The van der Waals surface area contributed by atoms with Crippen molar-refractivity contribution in [3.63, 3.8) is 0 Å². The Morgan fingerprint density at radius 2 is 1.08 bits per heavy atom. The molecule has 0 bridgehead atoms. The Labute approximate surface area is 118 Å². The fraction of sp³-hybridized carbons (Fsp3) is 0.143. The Kier molecular flexibility index (Phi) is 44.1. The number of aryl methyl sites for hydroxylation is 1. The van der Waals surface area contributed by atoms with Crippen LogP contribution < -0.4 is 49.6 Å². The third-order valence-corrected chi connectivity index (χ3v) is 0.940. The molecule has 1 rings (SSSR count). The van der Waals surface area contributed by atoms with Gasteiger partial charge in [-0.05, 0) is 6.92 Å². The first-order chi connectivity index (χ1) is 3.39. The van der Waals surface area contributed by atoms with Gasteiger partial charge in [0.1, 0.15) is 0 Å². The van der Waals surface area contributed by atoms with Gasteiger partial charge < -0.3 is 49.6 Å². The van der Waals surface area contributed by atoms with Crippen LogP contribution in [-0.4, -0.2) is 0 Å². The Hall–Kier alpha value is 1.26. The van der Waals surface area contributed by atoms with Gasteiger partial charge in [-0.1, -0.05) is 35.9 Å². The standard InChI is InChI=1S/C7H8.4ClH.Zr/c1-7-5-3-2-4-6-7;;;;;/h2-6H,1H3;4*1H;/q;;;;;+4/p-4. The summed E-state index contributed by atoms with van der Waals surface area (Å²) in [6, 6.07) is 10.3. The first-order valence-electron chi connectivity index (χ1n) is 2.41. The zero-order valence-corrected chi connectivity index (χ0v) is 11.9. The third kappa shape index (κ3) is 13.8. The average molecular weight is 325 g/mol. The second-order valence-corrected chi connectivity index (χ2v) is 1.65. The van der Waals surface area contributed by atoms with Crippen molar-refractivity contribution in [3.05, 3.63) is 35.9 Å². The molecule has 0 radical (unpaired) electrons. The molecule has 1 aromatic carbocycles. The molecule has 5 heteroatoms. The maximum atomic E-state index is 2.08. The van der Waals surface area contributed by atoms with Crippen molar-refractivity contribution in [2.75, 3.05) is 0 Å². The first kappa shape index (κ1) is 29.2. The van der Waals surface area contributed by atoms with Gasteiger partial charge in [-0.3, -0.25) is 0 Å². The van der Waals surface area contributed by atoms with Gasteiger partial charge in [-0.15, -0.1) is 0 Å². The van der Waals surface area contributed by atoms with Crippen molar-refractivity contribution in [2.45, 2.75) is 6.92 Å². The van der Waals surface area contributed by atoms with E-state index < -0.39 is 0 Å². The summed E-state index contributed by atoms with van der Waals surface area (Å²) in [7, 11) is 0. The Bertz CT molecular complexity index is 145. The summed E-state index contributed by atoms with van der Waals surface area (Å²) in [6.45, 7) is 2.08. The minimum Gasteiger partial charge on any atom is -1.00 e. The van der Waals surface area contributed by atoms with Crippen molar-refractivity contribution in [2.24, 2.45) is 0 Å². The van der Waals surface area contributed by atoms with E-state index in [4.69, 9.17) is 0 Å². The average Bonchev–Trinajstić information content (AvgIpc) is 1.69. The van der Waals surface area contributed by atoms with Gasteiger partial charge in [0.15, 0.2) is 0 Å². The van der Waals surface area contributed by atoms with Crippen LogP contribution in [0.1, 0.15) is 5.56 Å². The van der Waals surface area contributed by atoms with Gasteiger partial charge in [0.2, 0.25) is 0 Å². The summed E-state index contributed by atoms with van der Waals surface area (Å²) < 4.78 is 0. The largest absolute Gasteiger partial charge is 4.00 e. The fourth-order valence-corrected chi connectivity index (χ4v) is 0.534. The predicted octanol–water partition coefficient (Wildman–Crippen LogP) is -9.99. The Morgan fingerprint density at radius 3 is 1.25 bits per heavy atom. The third-order valence-electron chi connectivity index (χ3n) is 0.940. The minimum atomic E-state index is 0. The van der Waals surface area contributed by atoms with Crippen molar-refractivity contribution in [1.82, 2.24) is 0 Å². The second-order valence-electron chi connectivity index (χ2n) is 1.65. The summed E-state index contributed by atoms with van der Waals surface area (Å²) in [4.78, 5) is 0. The number of benzene rings is 1. The molecular weight excluding hydrogens is 317 g/mol. The maximum absolute atomic E-state index is 2.08. The molecule has 1 aromatic rings. The second kappa shape index (κ2) is 18.1. The van der Waals surface area contributed by atoms with Crippen LogP contribution in [0, 0.1) is 6.92 Å². The molecule has 0 atom stereocenters. The molecule has 0 saturated carbocycles. The van der Waals surface area contributed by atoms with E-state index in [1.54, 1.807) is 0 Å². The van der Waals surface area contributed by atoms with Crippen LogP contribution >= 0.6 is 0 Å². The van der Waals surface area contributed by atoms with Crippen LogP contribution in [-0.2, 0) is 26.2 Å². The molecule has 0 spiro atoms. The van der Waals surface area contributed by atoms with Crippen LogP contribution in [0.3, 0.4) is 0 Å². The number of hydrogen-bond donors (Lipinski definition) is 0. The van der Waals surface area contributed by atoms with Crippen molar-refractivity contribution >= 4 is 0 Å². The van der Waals surface area contributed by atoms with Gasteiger partial charge in [0, 0.05) is 0 Å². The monoisotopic (exact) mass is 322 g/mol. The molecule has 68 valence electrons. The topological polar surface area (TPSA) is 0 Å². The van der Waals surface area contributed by atoms with Gasteiger partial charge in [0.25, 0.3) is 0 Å².